The molecule has 1 rings (SSSR count). The first kappa shape index (κ1) is 16.5. The Kier molecular flexibility index (Phi) is 7.04. The predicted molar refractivity (Wildman–Crippen MR) is 84.8 cm³/mol. The number of hydrogen-bond donors (Lipinski definition) is 2. The number of benzene rings is 1. The number of nitrogens with two attached hydrogens (primary N) is 1. The summed E-state index contributed by atoms with van der Waals surface area (Å²) in [5, 5.41) is 2.86. The van der Waals surface area contributed by atoms with E-state index in [4.69, 9.17) is 5.73 Å². The molecular weight excluding hydrogens is 252 g/mol. The number of nitrogens with zero attached hydrogens (tertiary/aromatic N) is 2. The van der Waals surface area contributed by atoms with Gasteiger partial charge in [0.15, 0.2) is 0 Å². The molecule has 1 amide bonds. The minimum Gasteiger partial charge on any atom is -0.397 e. The van der Waals surface area contributed by atoms with Gasteiger partial charge in [-0.15, -0.1) is 0 Å². The van der Waals surface area contributed by atoms with Crippen molar-refractivity contribution < 1.29 is 4.79 Å². The second-order valence-electron chi connectivity index (χ2n) is 5.16. The van der Waals surface area contributed by atoms with Gasteiger partial charge in [-0.3, -0.25) is 9.69 Å². The minimum absolute atomic E-state index is 0.0189. The molecule has 0 aliphatic carbocycles. The highest BCUT2D eigenvalue weighted by molar-refractivity contribution is 5.95. The molecule has 0 unspecified atom stereocenters. The average molecular weight is 278 g/mol. The summed E-state index contributed by atoms with van der Waals surface area (Å²) in [6, 6.07) is 7.31. The zero-order chi connectivity index (χ0) is 15.0. The summed E-state index contributed by atoms with van der Waals surface area (Å²) in [4.78, 5) is 16.3. The van der Waals surface area contributed by atoms with Crippen molar-refractivity contribution in [3.05, 3.63) is 24.3 Å². The fraction of sp³-hybridized carbons (Fsp3) is 0.533. The highest BCUT2D eigenvalue weighted by Gasteiger charge is 2.10. The Morgan fingerprint density at radius 2 is 1.95 bits per heavy atom. The maximum Gasteiger partial charge on any atom is 0.238 e. The van der Waals surface area contributed by atoms with Crippen molar-refractivity contribution in [2.75, 3.05) is 51.3 Å². The first-order valence-corrected chi connectivity index (χ1v) is 7.04. The average Bonchev–Trinajstić information content (AvgIpc) is 2.40. The van der Waals surface area contributed by atoms with E-state index in [1.807, 2.05) is 18.2 Å². The smallest absolute Gasteiger partial charge is 0.238 e. The van der Waals surface area contributed by atoms with Crippen LogP contribution in [0.25, 0.3) is 0 Å². The summed E-state index contributed by atoms with van der Waals surface area (Å²) in [5.41, 5.74) is 7.09. The summed E-state index contributed by atoms with van der Waals surface area (Å²) >= 11 is 0. The van der Waals surface area contributed by atoms with Crippen LogP contribution in [0.5, 0.6) is 0 Å². The number of nitrogens with one attached hydrogen (secondary N) is 1. The monoisotopic (exact) mass is 278 g/mol. The van der Waals surface area contributed by atoms with Crippen LogP contribution in [0.15, 0.2) is 24.3 Å². The van der Waals surface area contributed by atoms with E-state index in [1.54, 1.807) is 6.07 Å². The third kappa shape index (κ3) is 6.04. The van der Waals surface area contributed by atoms with Crippen LogP contribution in [0.3, 0.4) is 0 Å². The van der Waals surface area contributed by atoms with Crippen molar-refractivity contribution in [3.63, 3.8) is 0 Å². The molecule has 0 aliphatic rings. The van der Waals surface area contributed by atoms with E-state index in [2.05, 4.69) is 36.1 Å². The van der Waals surface area contributed by atoms with Gasteiger partial charge in [0.25, 0.3) is 0 Å². The third-order valence-electron chi connectivity index (χ3n) is 3.13. The quantitative estimate of drug-likeness (QED) is 0.707. The minimum atomic E-state index is -0.0189. The summed E-state index contributed by atoms with van der Waals surface area (Å²) in [6.07, 6.45) is 1.06. The van der Waals surface area contributed by atoms with Crippen LogP contribution in [0.1, 0.15) is 13.3 Å². The molecule has 0 bridgehead atoms. The number of carbonyl (C=O) groups is 1. The Morgan fingerprint density at radius 1 is 1.25 bits per heavy atom. The lowest BCUT2D eigenvalue weighted by Crippen LogP contribution is -2.35. The lowest BCUT2D eigenvalue weighted by Gasteiger charge is -2.21. The number of nitrogen functional groups attached to an aromatic ring is 1. The van der Waals surface area contributed by atoms with Crippen molar-refractivity contribution in [2.24, 2.45) is 0 Å². The number of amides is 1. The topological polar surface area (TPSA) is 61.6 Å². The molecule has 0 aromatic heterocycles. The number of rotatable bonds is 8. The van der Waals surface area contributed by atoms with Crippen LogP contribution < -0.4 is 11.1 Å². The maximum atomic E-state index is 12.0. The number of likely N-dealkylation sites (N-methyl/N-ethyl adjacent to an activating group) is 1. The van der Waals surface area contributed by atoms with Crippen LogP contribution in [-0.2, 0) is 4.79 Å². The molecule has 0 fully saturated rings. The van der Waals surface area contributed by atoms with Crippen LogP contribution in [-0.4, -0.2) is 56.0 Å². The van der Waals surface area contributed by atoms with Crippen molar-refractivity contribution >= 4 is 17.3 Å². The Hall–Kier alpha value is -1.59. The zero-order valence-corrected chi connectivity index (χ0v) is 12.7. The number of anilines is 2. The maximum absolute atomic E-state index is 12.0. The van der Waals surface area contributed by atoms with Crippen molar-refractivity contribution in [1.29, 1.82) is 0 Å². The van der Waals surface area contributed by atoms with Gasteiger partial charge in [0.05, 0.1) is 17.9 Å². The molecule has 0 atom stereocenters. The molecule has 112 valence electrons. The molecule has 1 aromatic rings. The van der Waals surface area contributed by atoms with E-state index in [1.165, 1.54) is 0 Å². The Balaban J connectivity index is 2.41. The van der Waals surface area contributed by atoms with Crippen LogP contribution in [0.4, 0.5) is 11.4 Å². The van der Waals surface area contributed by atoms with E-state index >= 15 is 0 Å². The van der Waals surface area contributed by atoms with Gasteiger partial charge in [0, 0.05) is 0 Å². The largest absolute Gasteiger partial charge is 0.397 e. The van der Waals surface area contributed by atoms with E-state index in [0.29, 0.717) is 17.9 Å². The summed E-state index contributed by atoms with van der Waals surface area (Å²) < 4.78 is 0. The summed E-state index contributed by atoms with van der Waals surface area (Å²) in [7, 11) is 4.11. The summed E-state index contributed by atoms with van der Waals surface area (Å²) in [5.74, 6) is -0.0189. The van der Waals surface area contributed by atoms with Gasteiger partial charge in [0.2, 0.25) is 5.91 Å². The van der Waals surface area contributed by atoms with E-state index in [0.717, 1.165) is 26.1 Å². The molecule has 0 aliphatic heterocycles. The Bertz CT molecular complexity index is 420. The van der Waals surface area contributed by atoms with Gasteiger partial charge < -0.3 is 16.0 Å². The highest BCUT2D eigenvalue weighted by atomic mass is 16.2. The first-order valence-electron chi connectivity index (χ1n) is 7.04. The van der Waals surface area contributed by atoms with E-state index in [-0.39, 0.29) is 5.91 Å². The molecule has 0 saturated heterocycles. The number of hydrogen-bond acceptors (Lipinski definition) is 4. The van der Waals surface area contributed by atoms with Gasteiger partial charge in [-0.05, 0) is 52.3 Å². The Morgan fingerprint density at radius 3 is 2.55 bits per heavy atom. The second kappa shape index (κ2) is 8.55. The van der Waals surface area contributed by atoms with Crippen LogP contribution in [0, 0.1) is 0 Å². The standard InChI is InChI=1S/C15H26N4O/c1-4-19(11-7-10-18(2)3)12-15(20)17-14-9-6-5-8-13(14)16/h5-6,8-9H,4,7,10-12,16H2,1-3H3,(H,17,20). The fourth-order valence-electron chi connectivity index (χ4n) is 1.96. The SMILES string of the molecule is CCN(CCCN(C)C)CC(=O)Nc1ccccc1N. The predicted octanol–water partition coefficient (Wildman–Crippen LogP) is 1.48. The molecule has 1 aromatic carbocycles. The molecular formula is C15H26N4O. The molecule has 5 nitrogen and oxygen atoms in total. The van der Waals surface area contributed by atoms with Gasteiger partial charge in [-0.25, -0.2) is 0 Å². The van der Waals surface area contributed by atoms with Crippen molar-refractivity contribution in [2.45, 2.75) is 13.3 Å². The van der Waals surface area contributed by atoms with Gasteiger partial charge in [-0.1, -0.05) is 19.1 Å². The second-order valence-corrected chi connectivity index (χ2v) is 5.16. The molecule has 0 radical (unpaired) electrons. The van der Waals surface area contributed by atoms with Crippen molar-refractivity contribution in [1.82, 2.24) is 9.80 Å². The number of carbonyl (C=O) groups excluding carboxylic acids is 1. The van der Waals surface area contributed by atoms with Gasteiger partial charge >= 0.3 is 0 Å². The van der Waals surface area contributed by atoms with Crippen LogP contribution >= 0.6 is 0 Å². The molecule has 20 heavy (non-hydrogen) atoms. The molecule has 5 heteroatoms. The van der Waals surface area contributed by atoms with Gasteiger partial charge in [0.1, 0.15) is 0 Å². The lowest BCUT2D eigenvalue weighted by atomic mass is 10.2. The van der Waals surface area contributed by atoms with E-state index < -0.39 is 0 Å². The first-order chi connectivity index (χ1) is 9.52. The fourth-order valence-corrected chi connectivity index (χ4v) is 1.96. The number of para-hydroxylation sites is 2. The normalized spacial score (nSPS) is 11.1. The van der Waals surface area contributed by atoms with E-state index in [9.17, 15) is 4.79 Å². The Labute approximate surface area is 121 Å². The molecule has 0 spiro atoms. The van der Waals surface area contributed by atoms with Crippen LogP contribution in [0.2, 0.25) is 0 Å². The zero-order valence-electron chi connectivity index (χ0n) is 12.7. The summed E-state index contributed by atoms with van der Waals surface area (Å²) in [6.45, 7) is 5.29. The molecule has 0 saturated carbocycles. The van der Waals surface area contributed by atoms with Gasteiger partial charge in [-0.2, -0.15) is 0 Å². The third-order valence-corrected chi connectivity index (χ3v) is 3.13. The molecule has 3 N–H and O–H groups in total. The highest BCUT2D eigenvalue weighted by Crippen LogP contribution is 2.16. The lowest BCUT2D eigenvalue weighted by molar-refractivity contribution is -0.117. The molecule has 0 heterocycles. The van der Waals surface area contributed by atoms with Crippen molar-refractivity contribution in [3.8, 4) is 0 Å².